The first-order chi connectivity index (χ1) is 28.5. The number of thioether (sulfide) groups is 2. The van der Waals surface area contributed by atoms with E-state index in [1.165, 1.54) is 59.4 Å². The van der Waals surface area contributed by atoms with Crippen LogP contribution in [0.1, 0.15) is 51.7 Å². The molecule has 0 fully saturated rings. The lowest BCUT2D eigenvalue weighted by molar-refractivity contribution is -0.140. The fourth-order valence-electron chi connectivity index (χ4n) is 5.56. The number of ether oxygens (including phenoxy) is 2. The van der Waals surface area contributed by atoms with Gasteiger partial charge in [-0.05, 0) is 72.9 Å². The fraction of sp³-hybridized carbons (Fsp3) is 0.261. The maximum absolute atomic E-state index is 11.8. The quantitative estimate of drug-likeness (QED) is 0.0222. The third kappa shape index (κ3) is 13.5. The first-order valence-electron chi connectivity index (χ1n) is 18.8. The van der Waals surface area contributed by atoms with Crippen LogP contribution in [0, 0.1) is 0 Å². The summed E-state index contributed by atoms with van der Waals surface area (Å²) in [6.07, 6.45) is 2.65. The van der Waals surface area contributed by atoms with Crippen LogP contribution in [0.5, 0.6) is 0 Å². The minimum atomic E-state index is -0.409. The van der Waals surface area contributed by atoms with Crippen molar-refractivity contribution in [1.29, 1.82) is 0 Å². The van der Waals surface area contributed by atoms with Crippen LogP contribution in [-0.4, -0.2) is 38.4 Å². The zero-order valence-electron chi connectivity index (χ0n) is 33.7. The molecule has 4 aromatic rings. The van der Waals surface area contributed by atoms with Gasteiger partial charge < -0.3 is 17.8 Å². The van der Waals surface area contributed by atoms with Crippen LogP contribution in [0.4, 0.5) is 0 Å². The van der Waals surface area contributed by atoms with E-state index >= 15 is 0 Å². The van der Waals surface area contributed by atoms with Crippen molar-refractivity contribution < 1.29 is 27.4 Å². The maximum atomic E-state index is 11.8. The van der Waals surface area contributed by atoms with E-state index < -0.39 is 11.9 Å². The number of rotatable bonds is 24. The van der Waals surface area contributed by atoms with Crippen molar-refractivity contribution in [1.82, 2.24) is 0 Å². The first kappa shape index (κ1) is 48.7. The molecule has 0 atom stereocenters. The Balaban J connectivity index is 1.70. The maximum Gasteiger partial charge on any atom is 0.333 e. The molecule has 0 N–H and O–H groups in total. The largest absolute Gasteiger partial charge is 0.462 e. The van der Waals surface area contributed by atoms with E-state index in [4.69, 9.17) is 41.0 Å². The molecule has 0 bridgehead atoms. The molecule has 0 aromatic heterocycles. The molecule has 0 amide bonds. The molecule has 59 heavy (non-hydrogen) atoms. The summed E-state index contributed by atoms with van der Waals surface area (Å²) in [5.41, 5.74) is 6.59. The van der Waals surface area contributed by atoms with Crippen LogP contribution in [0.2, 0.25) is 10.0 Å². The predicted molar refractivity (Wildman–Crippen MR) is 253 cm³/mol. The molecule has 0 aliphatic rings. The Morgan fingerprint density at radius 2 is 1.00 bits per heavy atom. The topological polar surface area (TPSA) is 71.1 Å². The van der Waals surface area contributed by atoms with Crippen molar-refractivity contribution in [2.45, 2.75) is 82.8 Å². The number of hydrogen-bond acceptors (Lipinski definition) is 11. The number of aryl methyl sites for hydroxylation is 2. The zero-order valence-corrected chi connectivity index (χ0v) is 39.3. The highest BCUT2D eigenvalue weighted by molar-refractivity contribution is 8.02. The Bertz CT molecular complexity index is 2020. The summed E-state index contributed by atoms with van der Waals surface area (Å²) in [7, 11) is 0. The number of hydrogen-bond donors (Lipinski definition) is 0. The average Bonchev–Trinajstić information content (AvgIpc) is 3.22. The zero-order chi connectivity index (χ0) is 42.9. The highest BCUT2D eigenvalue weighted by atomic mass is 35.5. The second-order valence-corrected chi connectivity index (χ2v) is 18.3. The van der Waals surface area contributed by atoms with Gasteiger partial charge in [-0.25, -0.2) is 9.59 Å². The summed E-state index contributed by atoms with van der Waals surface area (Å²) in [6, 6.07) is 20.5. The molecule has 312 valence electrons. The third-order valence-electron chi connectivity index (χ3n) is 8.46. The molecular weight excluding hydrogens is 880 g/mol. The Labute approximate surface area is 380 Å². The Morgan fingerprint density at radius 1 is 0.610 bits per heavy atom. The smallest absolute Gasteiger partial charge is 0.333 e. The van der Waals surface area contributed by atoms with E-state index in [1.807, 2.05) is 24.3 Å². The van der Waals surface area contributed by atoms with Gasteiger partial charge in [0.1, 0.15) is 0 Å². The lowest BCUT2D eigenvalue weighted by Gasteiger charge is -2.20. The highest BCUT2D eigenvalue weighted by Crippen LogP contribution is 2.51. The van der Waals surface area contributed by atoms with Gasteiger partial charge in [0.2, 0.25) is 0 Å². The molecule has 13 heteroatoms. The van der Waals surface area contributed by atoms with Gasteiger partial charge in [0.05, 0.1) is 36.5 Å². The summed E-state index contributed by atoms with van der Waals surface area (Å²) < 4.78 is 22.6. The van der Waals surface area contributed by atoms with Crippen LogP contribution in [0.25, 0.3) is 22.3 Å². The van der Waals surface area contributed by atoms with Crippen molar-refractivity contribution in [2.24, 2.45) is 0 Å². The average molecular weight is 928 g/mol. The minimum absolute atomic E-state index is 0.242. The Morgan fingerprint density at radius 3 is 1.36 bits per heavy atom. The molecule has 0 unspecified atom stereocenters. The summed E-state index contributed by atoms with van der Waals surface area (Å²) in [4.78, 5) is 29.1. The van der Waals surface area contributed by atoms with Crippen LogP contribution in [-0.2, 0) is 40.3 Å². The van der Waals surface area contributed by atoms with E-state index in [2.05, 4.69) is 76.6 Å². The van der Waals surface area contributed by atoms with Gasteiger partial charge in [0.15, 0.2) is 0 Å². The Kier molecular flexibility index (Phi) is 20.7. The van der Waals surface area contributed by atoms with Gasteiger partial charge in [-0.15, -0.1) is 0 Å². The van der Waals surface area contributed by atoms with E-state index in [0.717, 1.165) is 75.6 Å². The molecule has 0 saturated carbocycles. The van der Waals surface area contributed by atoms with Crippen molar-refractivity contribution in [2.75, 3.05) is 26.4 Å². The molecule has 0 spiro atoms. The second-order valence-electron chi connectivity index (χ2n) is 12.8. The number of carbonyl (C=O) groups is 2. The van der Waals surface area contributed by atoms with E-state index in [0.29, 0.717) is 47.2 Å². The van der Waals surface area contributed by atoms with Crippen molar-refractivity contribution >= 4 is 94.5 Å². The number of esters is 2. The van der Waals surface area contributed by atoms with Gasteiger partial charge >= 0.3 is 11.9 Å². The molecule has 4 aromatic carbocycles. The monoisotopic (exact) mass is 926 g/mol. The molecule has 6 nitrogen and oxygen atoms in total. The number of carbonyl (C=O) groups excluding carboxylic acids is 2. The van der Waals surface area contributed by atoms with Gasteiger partial charge in [0, 0.05) is 99.7 Å². The first-order valence-corrected chi connectivity index (χ1v) is 23.6. The number of benzene rings is 4. The molecule has 0 aliphatic heterocycles. The van der Waals surface area contributed by atoms with Crippen LogP contribution in [0.3, 0.4) is 0 Å². The lowest BCUT2D eigenvalue weighted by atomic mass is 10.0. The summed E-state index contributed by atoms with van der Waals surface area (Å²) >= 11 is 22.0. The van der Waals surface area contributed by atoms with Gasteiger partial charge in [-0.1, -0.05) is 135 Å². The molecule has 0 saturated heterocycles. The summed E-state index contributed by atoms with van der Waals surface area (Å²) in [6.45, 7) is 23.9. The van der Waals surface area contributed by atoms with Crippen molar-refractivity contribution in [3.8, 4) is 22.3 Å². The third-order valence-corrected chi connectivity index (χ3v) is 14.0. The summed E-state index contributed by atoms with van der Waals surface area (Å²) in [5, 5.41) is 4.75. The molecule has 0 radical (unpaired) electrons. The Hall–Kier alpha value is -2.97. The summed E-state index contributed by atoms with van der Waals surface area (Å²) in [5.74, 6) is -0.818. The molecular formula is C46H48Cl2O6S5. The normalized spacial score (nSPS) is 10.9. The lowest BCUT2D eigenvalue weighted by Crippen LogP contribution is -2.07. The highest BCUT2D eigenvalue weighted by Gasteiger charge is 2.23. The molecule has 0 heterocycles. The van der Waals surface area contributed by atoms with E-state index in [9.17, 15) is 9.59 Å². The predicted octanol–water partition coefficient (Wildman–Crippen LogP) is 15.1. The van der Waals surface area contributed by atoms with E-state index in [-0.39, 0.29) is 13.2 Å². The second kappa shape index (κ2) is 25.1. The number of halogens is 2. The standard InChI is InChI=1S/C46H48Cl2O6S5/c1-9-31-17-13-19-33(43(31)58-53-27-15-25-51-45(49)29(5)6)39-35(55-11-3)21-23-37(41(39)47)57-38-24-22-36(56-12-4)40(42(38)48)34-20-14-18-32(10-2)44(34)59-54-28-16-26-52-46(50)30(7)8/h11-14,17-24H,3-5,7,9-10,15-16,25-28H2,1-2,6,8H3. The van der Waals surface area contributed by atoms with Crippen LogP contribution in [0.15, 0.2) is 138 Å². The van der Waals surface area contributed by atoms with Gasteiger partial charge in [0.25, 0.3) is 0 Å². The van der Waals surface area contributed by atoms with Crippen molar-refractivity contribution in [3.05, 3.63) is 130 Å². The van der Waals surface area contributed by atoms with Gasteiger partial charge in [-0.2, -0.15) is 0 Å². The van der Waals surface area contributed by atoms with Crippen LogP contribution >= 0.6 is 82.6 Å². The molecule has 4 rings (SSSR count). The fourth-order valence-corrected chi connectivity index (χ4v) is 10.4. The minimum Gasteiger partial charge on any atom is -0.462 e. The van der Waals surface area contributed by atoms with E-state index in [1.54, 1.807) is 24.7 Å². The van der Waals surface area contributed by atoms with Crippen LogP contribution < -0.4 is 0 Å². The molecule has 0 aliphatic carbocycles. The van der Waals surface area contributed by atoms with Gasteiger partial charge in [-0.3, -0.25) is 0 Å². The SMILES string of the molecule is C=CSc1ccc(Sc2ccc(SC=C)c(-c3cccc(CC)c3SOCCCOC(=O)C(=C)C)c2Cl)c(Cl)c1-c1cccc(CC)c1SOCCCOC(=O)C(=C)C. The van der Waals surface area contributed by atoms with Crippen molar-refractivity contribution in [3.63, 3.8) is 0 Å².